The van der Waals surface area contributed by atoms with E-state index in [1.54, 1.807) is 0 Å². The molecule has 1 aromatic heterocycles. The fourth-order valence-corrected chi connectivity index (χ4v) is 2.37. The molecule has 0 saturated heterocycles. The van der Waals surface area contributed by atoms with Gasteiger partial charge in [0, 0.05) is 24.1 Å². The molecule has 0 aromatic carbocycles. The molecule has 15 heavy (non-hydrogen) atoms. The number of thiophene rings is 1. The minimum absolute atomic E-state index is 0.496. The molecule has 0 amide bonds. The summed E-state index contributed by atoms with van der Waals surface area (Å²) in [4.78, 5) is 1.42. The molecule has 0 aliphatic rings. The summed E-state index contributed by atoms with van der Waals surface area (Å²) in [7, 11) is 0. The van der Waals surface area contributed by atoms with Crippen molar-refractivity contribution < 1.29 is 4.74 Å². The summed E-state index contributed by atoms with van der Waals surface area (Å²) in [5.41, 5.74) is 0. The molecule has 1 unspecified atom stereocenters. The van der Waals surface area contributed by atoms with Crippen molar-refractivity contribution in [1.82, 2.24) is 5.32 Å². The molecule has 0 saturated carbocycles. The second-order valence-electron chi connectivity index (χ2n) is 3.54. The summed E-state index contributed by atoms with van der Waals surface area (Å²) >= 11 is 1.82. The Hall–Kier alpha value is -0.380. The highest BCUT2D eigenvalue weighted by Gasteiger charge is 2.08. The highest BCUT2D eigenvalue weighted by Crippen LogP contribution is 2.21. The third-order valence-electron chi connectivity index (χ3n) is 2.28. The van der Waals surface area contributed by atoms with Crippen LogP contribution in [0.4, 0.5) is 0 Å². The third kappa shape index (κ3) is 4.78. The molecule has 1 rings (SSSR count). The normalized spacial score (nSPS) is 12.9. The smallest absolute Gasteiger partial charge is 0.0591 e. The molecule has 2 nitrogen and oxygen atoms in total. The first-order valence-electron chi connectivity index (χ1n) is 5.73. The molecule has 1 heterocycles. The van der Waals surface area contributed by atoms with Gasteiger partial charge in [-0.05, 0) is 24.3 Å². The van der Waals surface area contributed by atoms with E-state index in [9.17, 15) is 0 Å². The fourth-order valence-electron chi connectivity index (χ4n) is 1.49. The van der Waals surface area contributed by atoms with Gasteiger partial charge in [0.2, 0.25) is 0 Å². The SMILES string of the molecule is CCCOCCNC(CC)c1cccs1. The van der Waals surface area contributed by atoms with E-state index in [0.717, 1.165) is 32.6 Å². The molecular weight excluding hydrogens is 206 g/mol. The lowest BCUT2D eigenvalue weighted by Crippen LogP contribution is -2.24. The van der Waals surface area contributed by atoms with Gasteiger partial charge in [-0.15, -0.1) is 11.3 Å². The van der Waals surface area contributed by atoms with Gasteiger partial charge >= 0.3 is 0 Å². The fraction of sp³-hybridized carbons (Fsp3) is 0.667. The van der Waals surface area contributed by atoms with Gasteiger partial charge in [-0.2, -0.15) is 0 Å². The van der Waals surface area contributed by atoms with Gasteiger partial charge in [0.1, 0.15) is 0 Å². The van der Waals surface area contributed by atoms with Gasteiger partial charge in [-0.3, -0.25) is 0 Å². The van der Waals surface area contributed by atoms with Crippen molar-refractivity contribution in [2.45, 2.75) is 32.7 Å². The number of rotatable bonds is 8. The lowest BCUT2D eigenvalue weighted by Gasteiger charge is -2.15. The predicted molar refractivity (Wildman–Crippen MR) is 66.5 cm³/mol. The van der Waals surface area contributed by atoms with E-state index < -0.39 is 0 Å². The van der Waals surface area contributed by atoms with Crippen molar-refractivity contribution in [2.24, 2.45) is 0 Å². The Labute approximate surface area is 96.7 Å². The van der Waals surface area contributed by atoms with Gasteiger partial charge in [-0.1, -0.05) is 19.9 Å². The lowest BCUT2D eigenvalue weighted by atomic mass is 10.2. The highest BCUT2D eigenvalue weighted by molar-refractivity contribution is 7.10. The molecule has 1 aromatic rings. The first kappa shape index (κ1) is 12.7. The Morgan fingerprint density at radius 3 is 2.87 bits per heavy atom. The van der Waals surface area contributed by atoms with Crippen molar-refractivity contribution in [2.75, 3.05) is 19.8 Å². The Kier molecular flexibility index (Phi) is 6.64. The average molecular weight is 227 g/mol. The first-order chi connectivity index (χ1) is 7.38. The van der Waals surface area contributed by atoms with Crippen molar-refractivity contribution in [3.8, 4) is 0 Å². The van der Waals surface area contributed by atoms with Crippen LogP contribution in [0.3, 0.4) is 0 Å². The molecule has 0 spiro atoms. The summed E-state index contributed by atoms with van der Waals surface area (Å²) in [6.07, 6.45) is 2.23. The largest absolute Gasteiger partial charge is 0.380 e. The summed E-state index contributed by atoms with van der Waals surface area (Å²) in [6.45, 7) is 6.97. The van der Waals surface area contributed by atoms with Gasteiger partial charge in [0.15, 0.2) is 0 Å². The van der Waals surface area contributed by atoms with E-state index in [2.05, 4.69) is 36.7 Å². The predicted octanol–water partition coefficient (Wildman–Crippen LogP) is 3.22. The van der Waals surface area contributed by atoms with Gasteiger partial charge < -0.3 is 10.1 Å². The third-order valence-corrected chi connectivity index (χ3v) is 3.27. The van der Waals surface area contributed by atoms with Gasteiger partial charge in [0.25, 0.3) is 0 Å². The molecule has 0 radical (unpaired) electrons. The van der Waals surface area contributed by atoms with Crippen LogP contribution in [0, 0.1) is 0 Å². The zero-order valence-corrected chi connectivity index (χ0v) is 10.5. The Morgan fingerprint density at radius 1 is 1.40 bits per heavy atom. The van der Waals surface area contributed by atoms with Crippen molar-refractivity contribution in [3.05, 3.63) is 22.4 Å². The second-order valence-corrected chi connectivity index (χ2v) is 4.52. The van der Waals surface area contributed by atoms with E-state index in [1.165, 1.54) is 4.88 Å². The van der Waals surface area contributed by atoms with Crippen molar-refractivity contribution >= 4 is 11.3 Å². The standard InChI is InChI=1S/C12H21NOS/c1-3-8-14-9-7-13-11(4-2)12-6-5-10-15-12/h5-6,10-11,13H,3-4,7-9H2,1-2H3. The number of hydrogen-bond donors (Lipinski definition) is 1. The minimum atomic E-state index is 0.496. The summed E-state index contributed by atoms with van der Waals surface area (Å²) < 4.78 is 5.44. The monoisotopic (exact) mass is 227 g/mol. The van der Waals surface area contributed by atoms with Crippen LogP contribution in [0.15, 0.2) is 17.5 Å². The zero-order chi connectivity index (χ0) is 10.9. The summed E-state index contributed by atoms with van der Waals surface area (Å²) in [5, 5.41) is 5.65. The van der Waals surface area contributed by atoms with Gasteiger partial charge in [0.05, 0.1) is 6.61 Å². The van der Waals surface area contributed by atoms with Crippen molar-refractivity contribution in [3.63, 3.8) is 0 Å². The molecule has 1 N–H and O–H groups in total. The molecule has 0 aliphatic heterocycles. The van der Waals surface area contributed by atoms with E-state index in [1.807, 2.05) is 11.3 Å². The topological polar surface area (TPSA) is 21.3 Å². The van der Waals surface area contributed by atoms with Crippen LogP contribution < -0.4 is 5.32 Å². The number of nitrogens with one attached hydrogen (secondary N) is 1. The number of hydrogen-bond acceptors (Lipinski definition) is 3. The van der Waals surface area contributed by atoms with Crippen molar-refractivity contribution in [1.29, 1.82) is 0 Å². The molecular formula is C12H21NOS. The van der Waals surface area contributed by atoms with Crippen LogP contribution in [0.2, 0.25) is 0 Å². The highest BCUT2D eigenvalue weighted by atomic mass is 32.1. The van der Waals surface area contributed by atoms with E-state index in [0.29, 0.717) is 6.04 Å². The van der Waals surface area contributed by atoms with Crippen LogP contribution in [0.25, 0.3) is 0 Å². The molecule has 1 atom stereocenters. The van der Waals surface area contributed by atoms with Crippen LogP contribution in [-0.4, -0.2) is 19.8 Å². The summed E-state index contributed by atoms with van der Waals surface area (Å²) in [6, 6.07) is 4.80. The van der Waals surface area contributed by atoms with Gasteiger partial charge in [-0.25, -0.2) is 0 Å². The van der Waals surface area contributed by atoms with E-state index in [4.69, 9.17) is 4.74 Å². The maximum absolute atomic E-state index is 5.44. The molecule has 0 aliphatic carbocycles. The Morgan fingerprint density at radius 2 is 2.27 bits per heavy atom. The molecule has 3 heteroatoms. The lowest BCUT2D eigenvalue weighted by molar-refractivity contribution is 0.134. The van der Waals surface area contributed by atoms with Crippen LogP contribution >= 0.6 is 11.3 Å². The Balaban J connectivity index is 2.18. The quantitative estimate of drug-likeness (QED) is 0.689. The maximum Gasteiger partial charge on any atom is 0.0591 e. The molecule has 0 fully saturated rings. The second kappa shape index (κ2) is 7.85. The molecule has 86 valence electrons. The van der Waals surface area contributed by atoms with E-state index in [-0.39, 0.29) is 0 Å². The van der Waals surface area contributed by atoms with Crippen LogP contribution in [0.5, 0.6) is 0 Å². The average Bonchev–Trinajstić information content (AvgIpc) is 2.77. The minimum Gasteiger partial charge on any atom is -0.380 e. The van der Waals surface area contributed by atoms with Crippen LogP contribution in [0.1, 0.15) is 37.6 Å². The maximum atomic E-state index is 5.44. The first-order valence-corrected chi connectivity index (χ1v) is 6.61. The van der Waals surface area contributed by atoms with Crippen LogP contribution in [-0.2, 0) is 4.74 Å². The Bertz CT molecular complexity index is 236. The molecule has 0 bridgehead atoms. The number of ether oxygens (including phenoxy) is 1. The zero-order valence-electron chi connectivity index (χ0n) is 9.66. The van der Waals surface area contributed by atoms with E-state index >= 15 is 0 Å². The summed E-state index contributed by atoms with van der Waals surface area (Å²) in [5.74, 6) is 0.